The lowest BCUT2D eigenvalue weighted by atomic mass is 10.1. The van der Waals surface area contributed by atoms with Gasteiger partial charge in [0.15, 0.2) is 0 Å². The van der Waals surface area contributed by atoms with Gasteiger partial charge in [0.1, 0.15) is 6.04 Å². The van der Waals surface area contributed by atoms with Crippen LogP contribution in [0.5, 0.6) is 0 Å². The van der Waals surface area contributed by atoms with Gasteiger partial charge in [-0.15, -0.1) is 5.06 Å². The van der Waals surface area contributed by atoms with E-state index in [0.29, 0.717) is 56.6 Å². The van der Waals surface area contributed by atoms with Gasteiger partial charge in [-0.3, -0.25) is 24.0 Å². The predicted molar refractivity (Wildman–Crippen MR) is 126 cm³/mol. The van der Waals surface area contributed by atoms with Crippen molar-refractivity contribution in [2.24, 2.45) is 5.73 Å². The number of rotatable bonds is 19. The molecule has 0 aromatic carbocycles. The minimum Gasteiger partial charge on any atom is -0.481 e. The van der Waals surface area contributed by atoms with E-state index in [4.69, 9.17) is 15.7 Å². The molecule has 14 nitrogen and oxygen atoms in total. The Morgan fingerprint density at radius 3 is 2.08 bits per heavy atom. The SMILES string of the molecule is N[C@@H](CCC(=O)O)C(=O)N[C@@H](CCCCNC(=O)CCCCCCC(=O)ON1C(=O)CCC1=O)C(=O)O. The van der Waals surface area contributed by atoms with Crippen LogP contribution in [0.15, 0.2) is 0 Å². The maximum absolute atomic E-state index is 11.9. The third-order valence-electron chi connectivity index (χ3n) is 5.60. The van der Waals surface area contributed by atoms with Crippen LogP contribution in [0.4, 0.5) is 0 Å². The summed E-state index contributed by atoms with van der Waals surface area (Å²) in [6.45, 7) is 0.344. The number of carbonyl (C=O) groups is 7. The van der Waals surface area contributed by atoms with Gasteiger partial charge < -0.3 is 31.4 Å². The number of hydroxylamine groups is 2. The molecule has 1 rings (SSSR count). The molecule has 6 N–H and O–H groups in total. The number of carbonyl (C=O) groups excluding carboxylic acids is 5. The van der Waals surface area contributed by atoms with Gasteiger partial charge >= 0.3 is 17.9 Å². The molecule has 0 aromatic rings. The Hall–Kier alpha value is -3.55. The number of amides is 4. The van der Waals surface area contributed by atoms with Gasteiger partial charge in [0.2, 0.25) is 11.8 Å². The van der Waals surface area contributed by atoms with Crippen molar-refractivity contribution >= 4 is 41.5 Å². The Kier molecular flexibility index (Phi) is 14.5. The lowest BCUT2D eigenvalue weighted by Crippen LogP contribution is -2.48. The number of unbranched alkanes of at least 4 members (excludes halogenated alkanes) is 4. The number of nitrogens with two attached hydrogens (primary N) is 1. The number of aliphatic carboxylic acids is 2. The van der Waals surface area contributed by atoms with Crippen molar-refractivity contribution in [1.82, 2.24) is 15.7 Å². The van der Waals surface area contributed by atoms with Crippen molar-refractivity contribution in [2.75, 3.05) is 6.54 Å². The molecule has 1 heterocycles. The van der Waals surface area contributed by atoms with Crippen LogP contribution in [-0.2, 0) is 38.4 Å². The fraction of sp³-hybridized carbons (Fsp3) is 0.696. The van der Waals surface area contributed by atoms with E-state index >= 15 is 0 Å². The quantitative estimate of drug-likeness (QED) is 0.111. The molecular formula is C23H36N4O10. The summed E-state index contributed by atoms with van der Waals surface area (Å²) in [5.41, 5.74) is 5.58. The van der Waals surface area contributed by atoms with E-state index < -0.39 is 47.7 Å². The van der Waals surface area contributed by atoms with Gasteiger partial charge in [0.05, 0.1) is 6.04 Å². The topological polar surface area (TPSA) is 222 Å². The molecular weight excluding hydrogens is 492 g/mol. The molecule has 1 fully saturated rings. The summed E-state index contributed by atoms with van der Waals surface area (Å²) in [4.78, 5) is 85.0. The molecule has 0 aliphatic carbocycles. The zero-order valence-corrected chi connectivity index (χ0v) is 20.7. The Balaban J connectivity index is 2.09. The molecule has 14 heteroatoms. The van der Waals surface area contributed by atoms with E-state index in [1.165, 1.54) is 0 Å². The van der Waals surface area contributed by atoms with E-state index in [1.807, 2.05) is 0 Å². The number of imide groups is 1. The number of carboxylic acids is 2. The smallest absolute Gasteiger partial charge is 0.333 e. The summed E-state index contributed by atoms with van der Waals surface area (Å²) in [6.07, 6.45) is 3.59. The average molecular weight is 529 g/mol. The summed E-state index contributed by atoms with van der Waals surface area (Å²) in [5, 5.41) is 23.5. The molecule has 0 spiro atoms. The standard InChI is InChI=1S/C23H36N4O10/c24-15(10-13-20(31)32)22(34)26-16(23(35)36)7-5-6-14-25-17(28)8-3-1-2-4-9-21(33)37-27-18(29)11-12-19(27)30/h15-16H,1-14,24H2,(H,25,28)(H,26,34)(H,31,32)(H,35,36)/t15-,16-/m0/s1. The Bertz CT molecular complexity index is 831. The van der Waals surface area contributed by atoms with E-state index in [9.17, 15) is 38.7 Å². The molecule has 0 aromatic heterocycles. The highest BCUT2D eigenvalue weighted by Crippen LogP contribution is 2.14. The van der Waals surface area contributed by atoms with Crippen LogP contribution in [0.1, 0.15) is 83.5 Å². The largest absolute Gasteiger partial charge is 0.481 e. The zero-order valence-electron chi connectivity index (χ0n) is 20.7. The molecule has 0 radical (unpaired) electrons. The van der Waals surface area contributed by atoms with Crippen molar-refractivity contribution in [2.45, 2.75) is 95.6 Å². The average Bonchev–Trinajstić information content (AvgIpc) is 3.15. The molecule has 2 atom stereocenters. The molecule has 1 aliphatic heterocycles. The van der Waals surface area contributed by atoms with Crippen molar-refractivity contribution in [3.63, 3.8) is 0 Å². The first-order chi connectivity index (χ1) is 17.5. The van der Waals surface area contributed by atoms with Gasteiger partial charge in [-0.25, -0.2) is 9.59 Å². The minimum atomic E-state index is -1.23. The first-order valence-corrected chi connectivity index (χ1v) is 12.3. The molecule has 4 amide bonds. The Morgan fingerprint density at radius 2 is 1.49 bits per heavy atom. The third kappa shape index (κ3) is 13.4. The second kappa shape index (κ2) is 17.0. The highest BCUT2D eigenvalue weighted by Gasteiger charge is 2.32. The van der Waals surface area contributed by atoms with E-state index in [1.54, 1.807) is 0 Å². The molecule has 208 valence electrons. The predicted octanol–water partition coefficient (Wildman–Crippen LogP) is -0.0178. The zero-order chi connectivity index (χ0) is 27.8. The van der Waals surface area contributed by atoms with Crippen molar-refractivity contribution in [3.05, 3.63) is 0 Å². The molecule has 37 heavy (non-hydrogen) atoms. The highest BCUT2D eigenvalue weighted by atomic mass is 16.7. The van der Waals surface area contributed by atoms with Crippen molar-refractivity contribution in [3.8, 4) is 0 Å². The van der Waals surface area contributed by atoms with Crippen LogP contribution in [0.3, 0.4) is 0 Å². The summed E-state index contributed by atoms with van der Waals surface area (Å²) < 4.78 is 0. The Morgan fingerprint density at radius 1 is 0.865 bits per heavy atom. The van der Waals surface area contributed by atoms with Crippen LogP contribution in [0, 0.1) is 0 Å². The van der Waals surface area contributed by atoms with Gasteiger partial charge in [0.25, 0.3) is 11.8 Å². The number of carboxylic acid groups (broad SMARTS) is 2. The highest BCUT2D eigenvalue weighted by molar-refractivity contribution is 6.01. The monoisotopic (exact) mass is 528 g/mol. The van der Waals surface area contributed by atoms with Crippen LogP contribution in [-0.4, -0.2) is 75.4 Å². The van der Waals surface area contributed by atoms with Gasteiger partial charge in [-0.2, -0.15) is 0 Å². The molecule has 0 saturated carbocycles. The summed E-state index contributed by atoms with van der Waals surface area (Å²) in [5.74, 6) is -4.90. The number of nitrogens with one attached hydrogen (secondary N) is 2. The number of nitrogens with zero attached hydrogens (tertiary/aromatic N) is 1. The van der Waals surface area contributed by atoms with E-state index in [2.05, 4.69) is 10.6 Å². The first-order valence-electron chi connectivity index (χ1n) is 12.3. The number of hydrogen-bond donors (Lipinski definition) is 5. The lowest BCUT2D eigenvalue weighted by Gasteiger charge is -2.17. The van der Waals surface area contributed by atoms with Crippen molar-refractivity contribution in [1.29, 1.82) is 0 Å². The van der Waals surface area contributed by atoms with Crippen LogP contribution < -0.4 is 16.4 Å². The molecule has 1 saturated heterocycles. The van der Waals surface area contributed by atoms with Crippen molar-refractivity contribution < 1.29 is 48.6 Å². The van der Waals surface area contributed by atoms with Gasteiger partial charge in [0, 0.05) is 38.6 Å². The maximum atomic E-state index is 11.9. The number of hydrogen-bond acceptors (Lipinski definition) is 9. The third-order valence-corrected chi connectivity index (χ3v) is 5.60. The van der Waals surface area contributed by atoms with E-state index in [0.717, 1.165) is 0 Å². The summed E-state index contributed by atoms with van der Waals surface area (Å²) in [6, 6.07) is -2.27. The second-order valence-electron chi connectivity index (χ2n) is 8.74. The fourth-order valence-electron chi connectivity index (χ4n) is 3.45. The fourth-order valence-corrected chi connectivity index (χ4v) is 3.45. The van der Waals surface area contributed by atoms with Gasteiger partial charge in [-0.05, 0) is 38.5 Å². The summed E-state index contributed by atoms with van der Waals surface area (Å²) >= 11 is 0. The first kappa shape index (κ1) is 31.5. The van der Waals surface area contributed by atoms with Crippen LogP contribution in [0.25, 0.3) is 0 Å². The van der Waals surface area contributed by atoms with Crippen LogP contribution >= 0.6 is 0 Å². The minimum absolute atomic E-state index is 0.0437. The summed E-state index contributed by atoms with van der Waals surface area (Å²) in [7, 11) is 0. The molecule has 1 aliphatic rings. The second-order valence-corrected chi connectivity index (χ2v) is 8.74. The van der Waals surface area contributed by atoms with Gasteiger partial charge in [-0.1, -0.05) is 12.8 Å². The van der Waals surface area contributed by atoms with Crippen LogP contribution in [0.2, 0.25) is 0 Å². The molecule has 0 unspecified atom stereocenters. The maximum Gasteiger partial charge on any atom is 0.333 e. The van der Waals surface area contributed by atoms with E-state index in [-0.39, 0.29) is 44.4 Å². The Labute approximate surface area is 214 Å². The normalized spacial score (nSPS) is 14.7. The molecule has 0 bridgehead atoms. The lowest BCUT2D eigenvalue weighted by molar-refractivity contribution is -0.197.